The summed E-state index contributed by atoms with van der Waals surface area (Å²) < 4.78 is 13.1. The Balaban J connectivity index is 2.86. The van der Waals surface area contributed by atoms with E-state index in [1.165, 1.54) is 12.4 Å². The van der Waals surface area contributed by atoms with E-state index in [1.807, 2.05) is 0 Å². The Morgan fingerprint density at radius 2 is 2.38 bits per heavy atom. The molecule has 0 amide bonds. The van der Waals surface area contributed by atoms with Gasteiger partial charge in [-0.2, -0.15) is 0 Å². The van der Waals surface area contributed by atoms with E-state index in [-0.39, 0.29) is 16.6 Å². The molecule has 0 fully saturated rings. The molecule has 0 aliphatic heterocycles. The zero-order chi connectivity index (χ0) is 9.42. The van der Waals surface area contributed by atoms with Gasteiger partial charge in [-0.25, -0.2) is 14.2 Å². The van der Waals surface area contributed by atoms with Gasteiger partial charge >= 0.3 is 5.97 Å². The lowest BCUT2D eigenvalue weighted by atomic mass is 10.2. The van der Waals surface area contributed by atoms with E-state index >= 15 is 0 Å². The SMILES string of the molecule is O=C(O)c1c[nH]c2nccc(F)c12. The number of carbonyl (C=O) groups is 1. The first-order chi connectivity index (χ1) is 6.20. The number of hydrogen-bond donors (Lipinski definition) is 2. The van der Waals surface area contributed by atoms with Gasteiger partial charge in [0.05, 0.1) is 10.9 Å². The van der Waals surface area contributed by atoms with Crippen molar-refractivity contribution in [3.63, 3.8) is 0 Å². The summed E-state index contributed by atoms with van der Waals surface area (Å²) in [6.07, 6.45) is 2.50. The van der Waals surface area contributed by atoms with Gasteiger partial charge in [-0.3, -0.25) is 0 Å². The maximum atomic E-state index is 13.1. The largest absolute Gasteiger partial charge is 0.478 e. The molecule has 0 bridgehead atoms. The quantitative estimate of drug-likeness (QED) is 0.697. The Hall–Kier alpha value is -1.91. The minimum absolute atomic E-state index is 0.0231. The summed E-state index contributed by atoms with van der Waals surface area (Å²) in [6, 6.07) is 1.13. The van der Waals surface area contributed by atoms with Crippen LogP contribution in [0.1, 0.15) is 10.4 Å². The van der Waals surface area contributed by atoms with E-state index in [0.29, 0.717) is 0 Å². The van der Waals surface area contributed by atoms with Crippen LogP contribution >= 0.6 is 0 Å². The topological polar surface area (TPSA) is 66.0 Å². The molecule has 0 aliphatic carbocycles. The van der Waals surface area contributed by atoms with Crippen LogP contribution in [-0.4, -0.2) is 21.0 Å². The monoisotopic (exact) mass is 180 g/mol. The Morgan fingerprint density at radius 3 is 3.08 bits per heavy atom. The molecular weight excluding hydrogens is 175 g/mol. The van der Waals surface area contributed by atoms with Gasteiger partial charge in [0, 0.05) is 12.4 Å². The Morgan fingerprint density at radius 1 is 1.62 bits per heavy atom. The standard InChI is InChI=1S/C8H5FN2O2/c9-5-1-2-10-7-6(5)4(3-11-7)8(12)13/h1-3H,(H,10,11)(H,12,13). The predicted molar refractivity (Wildman–Crippen MR) is 43.0 cm³/mol. The van der Waals surface area contributed by atoms with Crippen LogP contribution in [0.4, 0.5) is 4.39 Å². The number of nitrogens with zero attached hydrogens (tertiary/aromatic N) is 1. The number of nitrogens with one attached hydrogen (secondary N) is 1. The van der Waals surface area contributed by atoms with E-state index in [2.05, 4.69) is 9.97 Å². The number of aromatic nitrogens is 2. The minimum atomic E-state index is -1.17. The van der Waals surface area contributed by atoms with E-state index < -0.39 is 11.8 Å². The second-order valence-corrected chi connectivity index (χ2v) is 2.52. The third kappa shape index (κ3) is 1.05. The number of aromatic amines is 1. The second-order valence-electron chi connectivity index (χ2n) is 2.52. The first-order valence-corrected chi connectivity index (χ1v) is 3.55. The summed E-state index contributed by atoms with van der Waals surface area (Å²) in [6.45, 7) is 0. The molecule has 2 heterocycles. The smallest absolute Gasteiger partial charge is 0.338 e. The number of carboxylic acid groups (broad SMARTS) is 1. The molecule has 0 spiro atoms. The van der Waals surface area contributed by atoms with Crippen LogP contribution in [0.3, 0.4) is 0 Å². The molecule has 0 unspecified atom stereocenters. The van der Waals surface area contributed by atoms with Gasteiger partial charge in [-0.15, -0.1) is 0 Å². The molecule has 13 heavy (non-hydrogen) atoms. The predicted octanol–water partition coefficient (Wildman–Crippen LogP) is 1.40. The summed E-state index contributed by atoms with van der Waals surface area (Å²) >= 11 is 0. The lowest BCUT2D eigenvalue weighted by Gasteiger charge is -1.92. The summed E-state index contributed by atoms with van der Waals surface area (Å²) in [5.74, 6) is -1.75. The number of halogens is 1. The van der Waals surface area contributed by atoms with Crippen molar-refractivity contribution in [1.82, 2.24) is 9.97 Å². The molecule has 0 atom stereocenters. The van der Waals surface area contributed by atoms with Crippen LogP contribution in [-0.2, 0) is 0 Å². The lowest BCUT2D eigenvalue weighted by Crippen LogP contribution is -1.95. The van der Waals surface area contributed by atoms with Gasteiger partial charge in [-0.05, 0) is 6.07 Å². The van der Waals surface area contributed by atoms with Crippen LogP contribution in [0.15, 0.2) is 18.5 Å². The fourth-order valence-electron chi connectivity index (χ4n) is 1.19. The van der Waals surface area contributed by atoms with Crippen LogP contribution in [0, 0.1) is 5.82 Å². The fourth-order valence-corrected chi connectivity index (χ4v) is 1.19. The number of rotatable bonds is 1. The number of pyridine rings is 1. The Labute approximate surface area is 72.0 Å². The molecule has 0 saturated heterocycles. The highest BCUT2D eigenvalue weighted by molar-refractivity contribution is 6.02. The number of hydrogen-bond acceptors (Lipinski definition) is 2. The molecule has 2 N–H and O–H groups in total. The zero-order valence-corrected chi connectivity index (χ0v) is 6.41. The Bertz CT molecular complexity index is 478. The molecule has 66 valence electrons. The normalized spacial score (nSPS) is 10.5. The van der Waals surface area contributed by atoms with Gasteiger partial charge in [0.2, 0.25) is 0 Å². The zero-order valence-electron chi connectivity index (χ0n) is 6.41. The van der Waals surface area contributed by atoms with E-state index in [0.717, 1.165) is 6.07 Å². The third-order valence-corrected chi connectivity index (χ3v) is 1.75. The summed E-state index contributed by atoms with van der Waals surface area (Å²) in [5.41, 5.74) is 0.151. The van der Waals surface area contributed by atoms with E-state index in [4.69, 9.17) is 5.11 Å². The van der Waals surface area contributed by atoms with E-state index in [1.54, 1.807) is 0 Å². The molecular formula is C8H5FN2O2. The molecule has 0 aromatic carbocycles. The maximum absolute atomic E-state index is 13.1. The second kappa shape index (κ2) is 2.55. The first kappa shape index (κ1) is 7.72. The van der Waals surface area contributed by atoms with Crippen LogP contribution < -0.4 is 0 Å². The molecule has 0 saturated carbocycles. The van der Waals surface area contributed by atoms with Crippen LogP contribution in [0.2, 0.25) is 0 Å². The number of H-pyrrole nitrogens is 1. The maximum Gasteiger partial charge on any atom is 0.338 e. The fraction of sp³-hybridized carbons (Fsp3) is 0. The van der Waals surface area contributed by atoms with Crippen molar-refractivity contribution in [2.75, 3.05) is 0 Å². The van der Waals surface area contributed by atoms with Gasteiger partial charge in [0.1, 0.15) is 11.5 Å². The molecule has 2 aromatic heterocycles. The highest BCUT2D eigenvalue weighted by Gasteiger charge is 2.14. The number of fused-ring (bicyclic) bond motifs is 1. The molecule has 2 aromatic rings. The van der Waals surface area contributed by atoms with Crippen LogP contribution in [0.25, 0.3) is 11.0 Å². The summed E-state index contributed by atoms with van der Waals surface area (Å²) in [5, 5.41) is 8.70. The van der Waals surface area contributed by atoms with Gasteiger partial charge < -0.3 is 10.1 Å². The Kier molecular flexibility index (Phi) is 1.51. The van der Waals surface area contributed by atoms with Crippen molar-refractivity contribution in [3.05, 3.63) is 29.8 Å². The van der Waals surface area contributed by atoms with Crippen molar-refractivity contribution < 1.29 is 14.3 Å². The highest BCUT2D eigenvalue weighted by Crippen LogP contribution is 2.18. The average Bonchev–Trinajstić information content (AvgIpc) is 2.49. The average molecular weight is 180 g/mol. The molecule has 4 nitrogen and oxygen atoms in total. The molecule has 5 heteroatoms. The number of aromatic carboxylic acids is 1. The summed E-state index contributed by atoms with van der Waals surface area (Å²) in [4.78, 5) is 17.0. The van der Waals surface area contributed by atoms with Crippen molar-refractivity contribution in [3.8, 4) is 0 Å². The third-order valence-electron chi connectivity index (χ3n) is 1.75. The van der Waals surface area contributed by atoms with Gasteiger partial charge in [0.25, 0.3) is 0 Å². The van der Waals surface area contributed by atoms with Gasteiger partial charge in [0.15, 0.2) is 0 Å². The minimum Gasteiger partial charge on any atom is -0.478 e. The number of carboxylic acids is 1. The molecule has 0 aliphatic rings. The highest BCUT2D eigenvalue weighted by atomic mass is 19.1. The van der Waals surface area contributed by atoms with Crippen molar-refractivity contribution >= 4 is 17.0 Å². The summed E-state index contributed by atoms with van der Waals surface area (Å²) in [7, 11) is 0. The van der Waals surface area contributed by atoms with Crippen LogP contribution in [0.5, 0.6) is 0 Å². The first-order valence-electron chi connectivity index (χ1n) is 3.55. The molecule has 0 radical (unpaired) electrons. The lowest BCUT2D eigenvalue weighted by molar-refractivity contribution is 0.0699. The van der Waals surface area contributed by atoms with Gasteiger partial charge in [-0.1, -0.05) is 0 Å². The van der Waals surface area contributed by atoms with Crippen molar-refractivity contribution in [1.29, 1.82) is 0 Å². The van der Waals surface area contributed by atoms with Crippen molar-refractivity contribution in [2.24, 2.45) is 0 Å². The van der Waals surface area contributed by atoms with Crippen molar-refractivity contribution in [2.45, 2.75) is 0 Å². The molecule has 2 rings (SSSR count). The van der Waals surface area contributed by atoms with E-state index in [9.17, 15) is 9.18 Å².